The lowest BCUT2D eigenvalue weighted by Gasteiger charge is -2.32. The first-order chi connectivity index (χ1) is 14.0. The van der Waals surface area contributed by atoms with E-state index in [0.717, 1.165) is 42.1 Å². The standard InChI is InChI=1S/C18H17ClFN5.C4H10/c1-11-9-21-23-17(11)13-10-22-25-8-4-7-24(18(13)25)12(2)16-14(19)5-3-6-15(16)20;1-3-4-2/h3,5-6,9-10H,2,4,7-8H2,1H3,(H,21,23);3-4H2,1-2H3. The van der Waals surface area contributed by atoms with E-state index in [-0.39, 0.29) is 5.82 Å². The van der Waals surface area contributed by atoms with Crippen LogP contribution in [0.1, 0.15) is 44.2 Å². The van der Waals surface area contributed by atoms with Crippen molar-refractivity contribution in [2.24, 2.45) is 0 Å². The lowest BCUT2D eigenvalue weighted by molar-refractivity contribution is 0.542. The topological polar surface area (TPSA) is 49.7 Å². The minimum absolute atomic E-state index is 0.325. The number of fused-ring (bicyclic) bond motifs is 1. The molecule has 0 aliphatic carbocycles. The Morgan fingerprint density at radius 3 is 2.62 bits per heavy atom. The summed E-state index contributed by atoms with van der Waals surface area (Å²) in [6.07, 6.45) is 7.11. The van der Waals surface area contributed by atoms with Gasteiger partial charge in [-0.3, -0.25) is 5.10 Å². The molecule has 3 aromatic rings. The van der Waals surface area contributed by atoms with E-state index in [0.29, 0.717) is 16.3 Å². The van der Waals surface area contributed by atoms with Crippen LogP contribution in [0.2, 0.25) is 5.02 Å². The van der Waals surface area contributed by atoms with E-state index in [1.807, 2.05) is 22.7 Å². The quantitative estimate of drug-likeness (QED) is 0.563. The van der Waals surface area contributed by atoms with Crippen LogP contribution in [0, 0.1) is 12.7 Å². The molecule has 0 saturated carbocycles. The molecule has 29 heavy (non-hydrogen) atoms. The summed E-state index contributed by atoms with van der Waals surface area (Å²) in [5.74, 6) is 0.497. The molecule has 1 aliphatic rings. The summed E-state index contributed by atoms with van der Waals surface area (Å²) in [4.78, 5) is 1.98. The van der Waals surface area contributed by atoms with E-state index in [9.17, 15) is 4.39 Å². The van der Waals surface area contributed by atoms with Crippen LogP contribution in [0.5, 0.6) is 0 Å². The first kappa shape index (κ1) is 21.1. The van der Waals surface area contributed by atoms with Crippen molar-refractivity contribution >= 4 is 23.1 Å². The first-order valence-corrected chi connectivity index (χ1v) is 10.3. The van der Waals surface area contributed by atoms with E-state index >= 15 is 0 Å². The van der Waals surface area contributed by atoms with Crippen LogP contribution in [0.3, 0.4) is 0 Å². The molecule has 0 unspecified atom stereocenters. The molecule has 0 spiro atoms. The molecule has 154 valence electrons. The normalized spacial score (nSPS) is 12.9. The highest BCUT2D eigenvalue weighted by Gasteiger charge is 2.28. The number of unbranched alkanes of at least 4 members (excludes halogenated alkanes) is 1. The van der Waals surface area contributed by atoms with E-state index < -0.39 is 0 Å². The Kier molecular flexibility index (Phi) is 6.75. The predicted octanol–water partition coefficient (Wildman–Crippen LogP) is 6.06. The summed E-state index contributed by atoms with van der Waals surface area (Å²) in [5, 5.41) is 12.0. The zero-order valence-electron chi connectivity index (χ0n) is 17.2. The molecule has 3 heterocycles. The van der Waals surface area contributed by atoms with Crippen LogP contribution in [-0.2, 0) is 6.54 Å². The second-order valence-electron chi connectivity index (χ2n) is 7.08. The van der Waals surface area contributed by atoms with Gasteiger partial charge in [0.05, 0.1) is 34.2 Å². The van der Waals surface area contributed by atoms with Gasteiger partial charge in [-0.15, -0.1) is 0 Å². The third kappa shape index (κ3) is 4.22. The van der Waals surface area contributed by atoms with Crippen LogP contribution < -0.4 is 4.90 Å². The maximum atomic E-state index is 14.4. The van der Waals surface area contributed by atoms with Gasteiger partial charge in [-0.25, -0.2) is 9.07 Å². The number of benzene rings is 1. The van der Waals surface area contributed by atoms with Crippen molar-refractivity contribution in [3.05, 3.63) is 59.1 Å². The molecule has 2 aromatic heterocycles. The summed E-state index contributed by atoms with van der Waals surface area (Å²) in [6, 6.07) is 4.66. The van der Waals surface area contributed by atoms with Gasteiger partial charge in [-0.1, -0.05) is 50.9 Å². The molecule has 1 aromatic carbocycles. The van der Waals surface area contributed by atoms with Crippen molar-refractivity contribution < 1.29 is 4.39 Å². The third-order valence-corrected chi connectivity index (χ3v) is 5.31. The molecule has 1 aliphatic heterocycles. The Labute approximate surface area is 176 Å². The zero-order valence-corrected chi connectivity index (χ0v) is 17.9. The van der Waals surface area contributed by atoms with Crippen LogP contribution in [0.15, 0.2) is 37.2 Å². The van der Waals surface area contributed by atoms with Gasteiger partial charge in [-0.05, 0) is 31.0 Å². The average Bonchev–Trinajstić information content (AvgIpc) is 3.33. The number of rotatable bonds is 4. The van der Waals surface area contributed by atoms with Crippen LogP contribution in [0.4, 0.5) is 10.2 Å². The molecule has 4 rings (SSSR count). The van der Waals surface area contributed by atoms with E-state index in [2.05, 4.69) is 35.7 Å². The molecule has 1 N–H and O–H groups in total. The Morgan fingerprint density at radius 1 is 1.24 bits per heavy atom. The van der Waals surface area contributed by atoms with Gasteiger partial charge in [-0.2, -0.15) is 10.2 Å². The number of aromatic amines is 1. The largest absolute Gasteiger partial charge is 0.326 e. The monoisotopic (exact) mass is 415 g/mol. The molecule has 0 amide bonds. The molecule has 5 nitrogen and oxygen atoms in total. The Hall–Kier alpha value is -2.60. The van der Waals surface area contributed by atoms with E-state index in [4.69, 9.17) is 11.6 Å². The fourth-order valence-corrected chi connectivity index (χ4v) is 3.55. The summed E-state index contributed by atoms with van der Waals surface area (Å²) in [6.45, 7) is 12.0. The third-order valence-electron chi connectivity index (χ3n) is 4.99. The number of hydrogen-bond donors (Lipinski definition) is 1. The number of hydrogen-bond acceptors (Lipinski definition) is 3. The smallest absolute Gasteiger partial charge is 0.140 e. The van der Waals surface area contributed by atoms with Gasteiger partial charge in [0.1, 0.15) is 11.6 Å². The van der Waals surface area contributed by atoms with Crippen molar-refractivity contribution in [2.75, 3.05) is 11.4 Å². The van der Waals surface area contributed by atoms with Gasteiger partial charge in [0, 0.05) is 18.8 Å². The number of nitrogens with zero attached hydrogens (tertiary/aromatic N) is 4. The minimum Gasteiger partial charge on any atom is -0.326 e. The van der Waals surface area contributed by atoms with Crippen molar-refractivity contribution in [2.45, 2.75) is 46.6 Å². The highest BCUT2D eigenvalue weighted by Crippen LogP contribution is 2.39. The molecular formula is C22H27ClFN5. The van der Waals surface area contributed by atoms with Crippen LogP contribution >= 0.6 is 11.6 Å². The number of nitrogens with one attached hydrogen (secondary N) is 1. The maximum absolute atomic E-state index is 14.4. The lowest BCUT2D eigenvalue weighted by Crippen LogP contribution is -2.31. The summed E-state index contributed by atoms with van der Waals surface area (Å²) < 4.78 is 16.3. The zero-order chi connectivity index (χ0) is 21.0. The lowest BCUT2D eigenvalue weighted by atomic mass is 10.1. The first-order valence-electron chi connectivity index (χ1n) is 9.96. The Bertz CT molecular complexity index is 969. The van der Waals surface area contributed by atoms with Crippen LogP contribution in [0.25, 0.3) is 17.0 Å². The molecular weight excluding hydrogens is 389 g/mol. The highest BCUT2D eigenvalue weighted by molar-refractivity contribution is 6.32. The number of halogens is 2. The average molecular weight is 416 g/mol. The minimum atomic E-state index is -0.381. The predicted molar refractivity (Wildman–Crippen MR) is 118 cm³/mol. The fraction of sp³-hybridized carbons (Fsp3) is 0.364. The highest BCUT2D eigenvalue weighted by atomic mass is 35.5. The van der Waals surface area contributed by atoms with Crippen LogP contribution in [-0.4, -0.2) is 26.5 Å². The molecule has 0 atom stereocenters. The molecule has 7 heteroatoms. The van der Waals surface area contributed by atoms with Crippen molar-refractivity contribution in [1.82, 2.24) is 20.0 Å². The van der Waals surface area contributed by atoms with Gasteiger partial charge in [0.2, 0.25) is 0 Å². The molecule has 0 bridgehead atoms. The van der Waals surface area contributed by atoms with Crippen molar-refractivity contribution in [3.63, 3.8) is 0 Å². The number of H-pyrrole nitrogens is 1. The van der Waals surface area contributed by atoms with E-state index in [1.165, 1.54) is 18.9 Å². The number of anilines is 1. The summed E-state index contributed by atoms with van der Waals surface area (Å²) in [5.41, 5.74) is 3.70. The fourth-order valence-electron chi connectivity index (χ4n) is 3.28. The van der Waals surface area contributed by atoms with E-state index in [1.54, 1.807) is 18.3 Å². The molecule has 0 saturated heterocycles. The number of aromatic nitrogens is 4. The maximum Gasteiger partial charge on any atom is 0.140 e. The SMILES string of the molecule is C=C(c1c(F)cccc1Cl)N1CCCn2ncc(-c3[nH]ncc3C)c21.CCCC. The second kappa shape index (κ2) is 9.27. The van der Waals surface area contributed by atoms with Crippen molar-refractivity contribution in [3.8, 4) is 11.3 Å². The van der Waals surface area contributed by atoms with Crippen molar-refractivity contribution in [1.29, 1.82) is 0 Å². The second-order valence-corrected chi connectivity index (χ2v) is 7.49. The van der Waals surface area contributed by atoms with Gasteiger partial charge < -0.3 is 4.90 Å². The molecule has 0 radical (unpaired) electrons. The van der Waals surface area contributed by atoms with Gasteiger partial charge in [0.15, 0.2) is 0 Å². The van der Waals surface area contributed by atoms with Gasteiger partial charge >= 0.3 is 0 Å². The Morgan fingerprint density at radius 2 is 2.00 bits per heavy atom. The van der Waals surface area contributed by atoms with Gasteiger partial charge in [0.25, 0.3) is 0 Å². The molecule has 0 fully saturated rings. The summed E-state index contributed by atoms with van der Waals surface area (Å²) in [7, 11) is 0. The summed E-state index contributed by atoms with van der Waals surface area (Å²) >= 11 is 6.24. The Balaban J connectivity index is 0.000000552. The number of aryl methyl sites for hydroxylation is 2.